The van der Waals surface area contributed by atoms with Crippen molar-refractivity contribution in [1.82, 2.24) is 0 Å². The monoisotopic (exact) mass is 251 g/mol. The lowest BCUT2D eigenvalue weighted by Gasteiger charge is -2.07. The van der Waals surface area contributed by atoms with Crippen molar-refractivity contribution in [2.75, 3.05) is 0 Å². The first kappa shape index (κ1) is 14.0. The van der Waals surface area contributed by atoms with E-state index in [9.17, 15) is 0 Å². The van der Waals surface area contributed by atoms with E-state index in [1.54, 1.807) is 0 Å². The zero-order chi connectivity index (χ0) is 13.4. The van der Waals surface area contributed by atoms with E-state index in [1.165, 1.54) is 6.08 Å². The number of rotatable bonds is 2. The summed E-state index contributed by atoms with van der Waals surface area (Å²) in [4.78, 5) is 0. The molecule has 0 aromatic heterocycles. The highest BCUT2D eigenvalue weighted by Gasteiger charge is 2.06. The summed E-state index contributed by atoms with van der Waals surface area (Å²) < 4.78 is 0. The number of hydrogen-bond donors (Lipinski definition) is 0. The quantitative estimate of drug-likeness (QED) is 0.338. The Morgan fingerprint density at radius 2 is 1.83 bits per heavy atom. The maximum atomic E-state index is 8.75. The van der Waals surface area contributed by atoms with E-state index in [0.717, 1.165) is 11.1 Å². The van der Waals surface area contributed by atoms with Gasteiger partial charge in [-0.05, 0) is 12.1 Å². The van der Waals surface area contributed by atoms with E-state index in [4.69, 9.17) is 5.26 Å². The average Bonchev–Trinajstić information content (AvgIpc) is 2.33. The molecule has 0 saturated carbocycles. The molecule has 1 aromatic rings. The Hall–Kier alpha value is -2.03. The van der Waals surface area contributed by atoms with Crippen molar-refractivity contribution in [1.29, 1.82) is 5.26 Å². The molecule has 0 amide bonds. The molecule has 0 spiro atoms. The summed E-state index contributed by atoms with van der Waals surface area (Å²) in [6.07, 6.45) is 3.46. The number of nitrogens with zero attached hydrogens (tertiary/aromatic N) is 1. The maximum Gasteiger partial charge on any atom is 0.0925 e. The fraction of sp³-hybridized carbons (Fsp3) is 0.188. The van der Waals surface area contributed by atoms with E-state index >= 15 is 0 Å². The van der Waals surface area contributed by atoms with Gasteiger partial charge in [0.2, 0.25) is 0 Å². The van der Waals surface area contributed by atoms with Crippen molar-refractivity contribution < 1.29 is 0 Å². The van der Waals surface area contributed by atoms with Crippen LogP contribution in [0.5, 0.6) is 0 Å². The summed E-state index contributed by atoms with van der Waals surface area (Å²) in [5, 5.41) is 8.75. The van der Waals surface area contributed by atoms with Gasteiger partial charge in [-0.1, -0.05) is 61.5 Å². The molecule has 0 saturated heterocycles. The fourth-order valence-electron chi connectivity index (χ4n) is 1.20. The largest absolute Gasteiger partial charge is 0.193 e. The molecular formula is C16H17NSi. The lowest BCUT2D eigenvalue weighted by Crippen LogP contribution is -2.15. The first-order valence-electron chi connectivity index (χ1n) is 5.87. The molecule has 0 N–H and O–H groups in total. The first-order valence-corrected chi connectivity index (χ1v) is 9.45. The Kier molecular flexibility index (Phi) is 5.18. The molecule has 90 valence electrons. The topological polar surface area (TPSA) is 23.8 Å². The number of hydrogen-bond acceptors (Lipinski definition) is 1. The maximum absolute atomic E-state index is 8.75. The second-order valence-electron chi connectivity index (χ2n) is 5.04. The predicted octanol–water partition coefficient (Wildman–Crippen LogP) is 3.92. The highest BCUT2D eigenvalue weighted by molar-refractivity contribution is 6.81. The van der Waals surface area contributed by atoms with Crippen molar-refractivity contribution in [3.05, 3.63) is 59.3 Å². The van der Waals surface area contributed by atoms with Crippen LogP contribution in [0.2, 0.25) is 19.6 Å². The van der Waals surface area contributed by atoms with Crippen LogP contribution in [-0.2, 0) is 0 Å². The van der Waals surface area contributed by atoms with Crippen LogP contribution in [0.25, 0.3) is 0 Å². The van der Waals surface area contributed by atoms with Crippen LogP contribution in [0, 0.1) is 23.2 Å². The molecule has 0 radical (unpaired) electrons. The summed E-state index contributed by atoms with van der Waals surface area (Å²) >= 11 is 0. The molecule has 1 aromatic carbocycles. The molecule has 0 unspecified atom stereocenters. The van der Waals surface area contributed by atoms with Gasteiger partial charge >= 0.3 is 0 Å². The Morgan fingerprint density at radius 1 is 1.17 bits per heavy atom. The summed E-state index contributed by atoms with van der Waals surface area (Å²) in [7, 11) is -1.26. The first-order chi connectivity index (χ1) is 8.51. The SMILES string of the molecule is C[Si](C)(C)/C=C/C(C#Cc1ccccc1)=C/C#N. The molecule has 2 heteroatoms. The second-order valence-corrected chi connectivity index (χ2v) is 10.1. The van der Waals surface area contributed by atoms with E-state index < -0.39 is 8.07 Å². The molecule has 18 heavy (non-hydrogen) atoms. The number of benzene rings is 1. The van der Waals surface area contributed by atoms with E-state index in [2.05, 4.69) is 37.2 Å². The van der Waals surface area contributed by atoms with Crippen molar-refractivity contribution in [2.24, 2.45) is 0 Å². The Labute approximate surface area is 110 Å². The van der Waals surface area contributed by atoms with E-state index in [0.29, 0.717) is 0 Å². The van der Waals surface area contributed by atoms with Crippen molar-refractivity contribution in [2.45, 2.75) is 19.6 Å². The van der Waals surface area contributed by atoms with Crippen LogP contribution in [0.15, 0.2) is 53.8 Å². The summed E-state index contributed by atoms with van der Waals surface area (Å²) in [6.45, 7) is 6.74. The molecule has 0 bridgehead atoms. The zero-order valence-electron chi connectivity index (χ0n) is 11.1. The normalized spacial score (nSPS) is 11.8. The third kappa shape index (κ3) is 5.89. The van der Waals surface area contributed by atoms with Gasteiger partial charge in [0.05, 0.1) is 14.1 Å². The predicted molar refractivity (Wildman–Crippen MR) is 79.5 cm³/mol. The van der Waals surface area contributed by atoms with Gasteiger partial charge in [-0.2, -0.15) is 5.26 Å². The van der Waals surface area contributed by atoms with Gasteiger partial charge in [0.25, 0.3) is 0 Å². The van der Waals surface area contributed by atoms with E-state index in [-0.39, 0.29) is 0 Å². The lowest BCUT2D eigenvalue weighted by molar-refractivity contribution is 1.53. The molecule has 0 atom stereocenters. The smallest absolute Gasteiger partial charge is 0.0925 e. The average molecular weight is 251 g/mol. The van der Waals surface area contributed by atoms with Gasteiger partial charge in [-0.15, -0.1) is 0 Å². The van der Waals surface area contributed by atoms with Gasteiger partial charge in [0.15, 0.2) is 0 Å². The van der Waals surface area contributed by atoms with Crippen molar-refractivity contribution in [3.63, 3.8) is 0 Å². The number of nitriles is 1. The lowest BCUT2D eigenvalue weighted by atomic mass is 10.2. The van der Waals surface area contributed by atoms with Gasteiger partial charge < -0.3 is 0 Å². The van der Waals surface area contributed by atoms with Crippen LogP contribution in [0.1, 0.15) is 5.56 Å². The summed E-state index contributed by atoms with van der Waals surface area (Å²) in [5.41, 5.74) is 3.92. The van der Waals surface area contributed by atoms with Crippen molar-refractivity contribution >= 4 is 8.07 Å². The molecule has 0 heterocycles. The van der Waals surface area contributed by atoms with Crippen molar-refractivity contribution in [3.8, 4) is 17.9 Å². The second kappa shape index (κ2) is 6.64. The summed E-state index contributed by atoms with van der Waals surface area (Å²) in [5.74, 6) is 6.09. The van der Waals surface area contributed by atoms with Crippen LogP contribution in [-0.4, -0.2) is 8.07 Å². The van der Waals surface area contributed by atoms with Gasteiger partial charge in [0.1, 0.15) is 0 Å². The standard InChI is InChI=1S/C16H17NSi/c1-18(2,3)14-12-16(11-13-17)10-9-15-7-5-4-6-8-15/h4-8,11-12,14H,1-3H3/b14-12+,16-11+. The third-order valence-corrected chi connectivity index (χ3v) is 3.27. The van der Waals surface area contributed by atoms with Gasteiger partial charge in [-0.3, -0.25) is 0 Å². The van der Waals surface area contributed by atoms with Gasteiger partial charge in [-0.25, -0.2) is 0 Å². The summed E-state index contributed by atoms with van der Waals surface area (Å²) in [6, 6.07) is 11.8. The van der Waals surface area contributed by atoms with Crippen LogP contribution in [0.3, 0.4) is 0 Å². The minimum atomic E-state index is -1.26. The Bertz CT molecular complexity index is 543. The zero-order valence-corrected chi connectivity index (χ0v) is 12.1. The van der Waals surface area contributed by atoms with E-state index in [1.807, 2.05) is 42.5 Å². The van der Waals surface area contributed by atoms with Gasteiger partial charge in [0, 0.05) is 17.2 Å². The Balaban J connectivity index is 2.91. The molecular weight excluding hydrogens is 234 g/mol. The Morgan fingerprint density at radius 3 is 2.39 bits per heavy atom. The molecule has 0 aliphatic heterocycles. The molecule has 0 aliphatic carbocycles. The molecule has 0 fully saturated rings. The highest BCUT2D eigenvalue weighted by atomic mass is 28.3. The number of allylic oxidation sites excluding steroid dienone is 3. The minimum Gasteiger partial charge on any atom is -0.193 e. The molecule has 1 nitrogen and oxygen atoms in total. The fourth-order valence-corrected chi connectivity index (χ4v) is 1.88. The highest BCUT2D eigenvalue weighted by Crippen LogP contribution is 2.05. The van der Waals surface area contributed by atoms with Crippen LogP contribution >= 0.6 is 0 Å². The molecule has 1 rings (SSSR count). The minimum absolute atomic E-state index is 0.767. The molecule has 0 aliphatic rings. The van der Waals surface area contributed by atoms with Crippen LogP contribution < -0.4 is 0 Å². The third-order valence-electron chi connectivity index (χ3n) is 2.11. The van der Waals surface area contributed by atoms with Crippen LogP contribution in [0.4, 0.5) is 0 Å².